The minimum absolute atomic E-state index is 0.0455. The largest absolute Gasteiger partial charge is 0.462 e. The maximum atomic E-state index is 11.4. The molecule has 0 spiro atoms. The molecule has 3 heteroatoms. The zero-order chi connectivity index (χ0) is 11.0. The van der Waals surface area contributed by atoms with Gasteiger partial charge in [0.1, 0.15) is 6.10 Å². The highest BCUT2D eigenvalue weighted by atomic mass is 16.5. The molecule has 0 saturated heterocycles. The van der Waals surface area contributed by atoms with Gasteiger partial charge in [-0.05, 0) is 31.1 Å². The van der Waals surface area contributed by atoms with E-state index < -0.39 is 0 Å². The van der Waals surface area contributed by atoms with Crippen molar-refractivity contribution in [1.82, 2.24) is 0 Å². The van der Waals surface area contributed by atoms with Crippen LogP contribution in [0.3, 0.4) is 0 Å². The maximum absolute atomic E-state index is 11.4. The number of fused-ring (bicyclic) bond motifs is 2. The summed E-state index contributed by atoms with van der Waals surface area (Å²) in [5, 5.41) is 8.89. The number of hydrogen-bond donors (Lipinski definition) is 0. The molecule has 0 aromatic carbocycles. The fourth-order valence-corrected chi connectivity index (χ4v) is 2.81. The Balaban J connectivity index is 1.90. The van der Waals surface area contributed by atoms with Crippen LogP contribution in [0.15, 0.2) is 0 Å². The predicted molar refractivity (Wildman–Crippen MR) is 54.7 cm³/mol. The SMILES string of the molecule is CC(C)C(=O)OC1CC2CC1CC2C#N. The van der Waals surface area contributed by atoms with Crippen LogP contribution >= 0.6 is 0 Å². The molecule has 0 heterocycles. The normalized spacial score (nSPS) is 38.0. The van der Waals surface area contributed by atoms with Crippen molar-refractivity contribution in [2.45, 2.75) is 39.2 Å². The van der Waals surface area contributed by atoms with E-state index in [0.717, 1.165) is 19.3 Å². The summed E-state index contributed by atoms with van der Waals surface area (Å²) in [7, 11) is 0. The van der Waals surface area contributed by atoms with Gasteiger partial charge in [0.25, 0.3) is 0 Å². The molecule has 0 aromatic rings. The molecule has 2 fully saturated rings. The van der Waals surface area contributed by atoms with Crippen molar-refractivity contribution in [3.05, 3.63) is 0 Å². The lowest BCUT2D eigenvalue weighted by atomic mass is 9.88. The van der Waals surface area contributed by atoms with Crippen molar-refractivity contribution in [3.8, 4) is 6.07 Å². The molecule has 0 aromatic heterocycles. The molecular weight excluding hydrogens is 190 g/mol. The van der Waals surface area contributed by atoms with Crippen LogP contribution in [0.25, 0.3) is 0 Å². The van der Waals surface area contributed by atoms with Crippen LogP contribution in [0.2, 0.25) is 0 Å². The molecule has 2 bridgehead atoms. The lowest BCUT2D eigenvalue weighted by molar-refractivity contribution is -0.155. The molecule has 0 radical (unpaired) electrons. The lowest BCUT2D eigenvalue weighted by Crippen LogP contribution is -2.28. The average molecular weight is 207 g/mol. The van der Waals surface area contributed by atoms with Gasteiger partial charge in [-0.2, -0.15) is 5.26 Å². The molecular formula is C12H17NO2. The van der Waals surface area contributed by atoms with Crippen LogP contribution < -0.4 is 0 Å². The number of rotatable bonds is 2. The highest BCUT2D eigenvalue weighted by molar-refractivity contribution is 5.71. The van der Waals surface area contributed by atoms with Crippen LogP contribution in [0.4, 0.5) is 0 Å². The molecule has 2 aliphatic rings. The molecule has 4 atom stereocenters. The summed E-state index contributed by atoms with van der Waals surface area (Å²) < 4.78 is 5.45. The number of esters is 1. The van der Waals surface area contributed by atoms with Crippen LogP contribution in [-0.2, 0) is 9.53 Å². The molecule has 0 amide bonds. The Morgan fingerprint density at radius 3 is 2.53 bits per heavy atom. The van der Waals surface area contributed by atoms with Gasteiger partial charge in [0.2, 0.25) is 0 Å². The smallest absolute Gasteiger partial charge is 0.308 e. The molecule has 15 heavy (non-hydrogen) atoms. The molecule has 4 unspecified atom stereocenters. The van der Waals surface area contributed by atoms with Crippen molar-refractivity contribution in [2.75, 3.05) is 0 Å². The summed E-state index contributed by atoms with van der Waals surface area (Å²) in [6.07, 6.45) is 3.00. The Labute approximate surface area is 90.4 Å². The van der Waals surface area contributed by atoms with E-state index >= 15 is 0 Å². The molecule has 0 N–H and O–H groups in total. The third-order valence-corrected chi connectivity index (χ3v) is 3.70. The summed E-state index contributed by atoms with van der Waals surface area (Å²) in [6.45, 7) is 3.71. The first kappa shape index (κ1) is 10.5. The van der Waals surface area contributed by atoms with Gasteiger partial charge in [0.15, 0.2) is 0 Å². The number of carbonyl (C=O) groups is 1. The summed E-state index contributed by atoms with van der Waals surface area (Å²) in [6, 6.07) is 2.35. The third-order valence-electron chi connectivity index (χ3n) is 3.70. The van der Waals surface area contributed by atoms with E-state index in [1.807, 2.05) is 13.8 Å². The third kappa shape index (κ3) is 1.86. The van der Waals surface area contributed by atoms with Gasteiger partial charge in [0, 0.05) is 5.92 Å². The van der Waals surface area contributed by atoms with Crippen molar-refractivity contribution >= 4 is 5.97 Å². The Morgan fingerprint density at radius 2 is 2.07 bits per heavy atom. The second-order valence-corrected chi connectivity index (χ2v) is 5.09. The van der Waals surface area contributed by atoms with Gasteiger partial charge in [-0.3, -0.25) is 4.79 Å². The summed E-state index contributed by atoms with van der Waals surface area (Å²) in [5.74, 6) is 0.994. The summed E-state index contributed by atoms with van der Waals surface area (Å²) >= 11 is 0. The van der Waals surface area contributed by atoms with Gasteiger partial charge < -0.3 is 4.74 Å². The van der Waals surface area contributed by atoms with E-state index in [2.05, 4.69) is 6.07 Å². The van der Waals surface area contributed by atoms with Gasteiger partial charge in [-0.25, -0.2) is 0 Å². The standard InChI is InChI=1S/C12H17NO2/c1-7(2)12(14)15-11-5-8-3-9(11)4-10(8)6-13/h7-11H,3-5H2,1-2H3. The average Bonchev–Trinajstić information content (AvgIpc) is 2.75. The first-order valence-electron chi connectivity index (χ1n) is 5.72. The fourth-order valence-electron chi connectivity index (χ4n) is 2.81. The van der Waals surface area contributed by atoms with E-state index in [-0.39, 0.29) is 23.9 Å². The predicted octanol–water partition coefficient (Wildman–Crippen LogP) is 2.12. The molecule has 2 saturated carbocycles. The summed E-state index contributed by atoms with van der Waals surface area (Å²) in [4.78, 5) is 11.4. The quantitative estimate of drug-likeness (QED) is 0.652. The van der Waals surface area contributed by atoms with Crippen molar-refractivity contribution < 1.29 is 9.53 Å². The Morgan fingerprint density at radius 1 is 1.33 bits per heavy atom. The molecule has 82 valence electrons. The van der Waals surface area contributed by atoms with Crippen molar-refractivity contribution in [3.63, 3.8) is 0 Å². The number of hydrogen-bond acceptors (Lipinski definition) is 3. The summed E-state index contributed by atoms with van der Waals surface area (Å²) in [5.41, 5.74) is 0. The van der Waals surface area contributed by atoms with Gasteiger partial charge >= 0.3 is 5.97 Å². The van der Waals surface area contributed by atoms with Crippen LogP contribution in [0.1, 0.15) is 33.1 Å². The van der Waals surface area contributed by atoms with Gasteiger partial charge in [0.05, 0.1) is 12.0 Å². The monoisotopic (exact) mass is 207 g/mol. The highest BCUT2D eigenvalue weighted by Gasteiger charge is 2.47. The van der Waals surface area contributed by atoms with Crippen LogP contribution in [0, 0.1) is 35.0 Å². The molecule has 2 rings (SSSR count). The zero-order valence-corrected chi connectivity index (χ0v) is 9.27. The zero-order valence-electron chi connectivity index (χ0n) is 9.27. The number of nitriles is 1. The number of carbonyl (C=O) groups excluding carboxylic acids is 1. The molecule has 2 aliphatic carbocycles. The highest BCUT2D eigenvalue weighted by Crippen LogP contribution is 2.49. The van der Waals surface area contributed by atoms with Crippen LogP contribution in [-0.4, -0.2) is 12.1 Å². The Hall–Kier alpha value is -1.04. The fraction of sp³-hybridized carbons (Fsp3) is 0.833. The lowest BCUT2D eigenvalue weighted by Gasteiger charge is -2.25. The number of nitrogens with zero attached hydrogens (tertiary/aromatic N) is 1. The van der Waals surface area contributed by atoms with E-state index in [9.17, 15) is 4.79 Å². The topological polar surface area (TPSA) is 50.1 Å². The van der Waals surface area contributed by atoms with Gasteiger partial charge in [-0.1, -0.05) is 13.8 Å². The minimum Gasteiger partial charge on any atom is -0.462 e. The second kappa shape index (κ2) is 3.84. The van der Waals surface area contributed by atoms with Gasteiger partial charge in [-0.15, -0.1) is 0 Å². The van der Waals surface area contributed by atoms with E-state index in [1.54, 1.807) is 0 Å². The number of ether oxygens (including phenoxy) is 1. The Kier molecular flexibility index (Phi) is 2.68. The first-order chi connectivity index (χ1) is 7.11. The van der Waals surface area contributed by atoms with E-state index in [4.69, 9.17) is 10.00 Å². The van der Waals surface area contributed by atoms with Crippen molar-refractivity contribution in [1.29, 1.82) is 5.26 Å². The van der Waals surface area contributed by atoms with E-state index in [1.165, 1.54) is 0 Å². The van der Waals surface area contributed by atoms with E-state index in [0.29, 0.717) is 11.8 Å². The van der Waals surface area contributed by atoms with Crippen LogP contribution in [0.5, 0.6) is 0 Å². The molecule has 0 aliphatic heterocycles. The maximum Gasteiger partial charge on any atom is 0.308 e. The minimum atomic E-state index is -0.0962. The molecule has 3 nitrogen and oxygen atoms in total. The van der Waals surface area contributed by atoms with Crippen molar-refractivity contribution in [2.24, 2.45) is 23.7 Å². The first-order valence-corrected chi connectivity index (χ1v) is 5.72. The Bertz CT molecular complexity index is 305. The second-order valence-electron chi connectivity index (χ2n) is 5.09.